The maximum atomic E-state index is 8.52. The predicted molar refractivity (Wildman–Crippen MR) is 62.0 cm³/mol. The average Bonchev–Trinajstić information content (AvgIpc) is 2.24. The molecule has 0 saturated heterocycles. The van der Waals surface area contributed by atoms with Crippen LogP contribution in [0, 0.1) is 11.3 Å². The third kappa shape index (κ3) is 4.01. The molecule has 0 aliphatic heterocycles. The van der Waals surface area contributed by atoms with Gasteiger partial charge in [-0.15, -0.1) is 0 Å². The van der Waals surface area contributed by atoms with E-state index in [0.717, 1.165) is 25.3 Å². The highest BCUT2D eigenvalue weighted by molar-refractivity contribution is 5.40. The van der Waals surface area contributed by atoms with Gasteiger partial charge in [0.2, 0.25) is 0 Å². The SMILES string of the molecule is CCN(CCC#N)Cc1cccc(N)c1. The molecule has 0 aliphatic rings. The first-order valence-electron chi connectivity index (χ1n) is 5.20. The van der Waals surface area contributed by atoms with E-state index in [4.69, 9.17) is 11.0 Å². The number of nitrogens with two attached hydrogens (primary N) is 1. The van der Waals surface area contributed by atoms with Crippen molar-refractivity contribution in [2.24, 2.45) is 0 Å². The van der Waals surface area contributed by atoms with Gasteiger partial charge in [-0.1, -0.05) is 19.1 Å². The lowest BCUT2D eigenvalue weighted by molar-refractivity contribution is 0.287. The topological polar surface area (TPSA) is 53.0 Å². The molecule has 15 heavy (non-hydrogen) atoms. The van der Waals surface area contributed by atoms with E-state index in [1.807, 2.05) is 18.2 Å². The molecule has 1 aromatic rings. The van der Waals surface area contributed by atoms with Gasteiger partial charge < -0.3 is 5.73 Å². The van der Waals surface area contributed by atoms with E-state index in [1.165, 1.54) is 5.56 Å². The van der Waals surface area contributed by atoms with Crippen LogP contribution in [0.2, 0.25) is 0 Å². The Balaban J connectivity index is 2.55. The maximum Gasteiger partial charge on any atom is 0.0635 e. The minimum absolute atomic E-state index is 0.580. The van der Waals surface area contributed by atoms with Gasteiger partial charge in [-0.25, -0.2) is 0 Å². The van der Waals surface area contributed by atoms with Crippen molar-refractivity contribution in [1.82, 2.24) is 4.90 Å². The fourth-order valence-electron chi connectivity index (χ4n) is 1.51. The lowest BCUT2D eigenvalue weighted by Crippen LogP contribution is -2.23. The van der Waals surface area contributed by atoms with E-state index in [2.05, 4.69) is 24.0 Å². The van der Waals surface area contributed by atoms with Crippen molar-refractivity contribution in [2.75, 3.05) is 18.8 Å². The summed E-state index contributed by atoms with van der Waals surface area (Å²) in [6.07, 6.45) is 0.580. The fourth-order valence-corrected chi connectivity index (χ4v) is 1.51. The summed E-state index contributed by atoms with van der Waals surface area (Å²) in [7, 11) is 0. The molecular formula is C12H17N3. The molecule has 3 nitrogen and oxygen atoms in total. The molecule has 0 amide bonds. The minimum Gasteiger partial charge on any atom is -0.399 e. The first-order valence-corrected chi connectivity index (χ1v) is 5.20. The lowest BCUT2D eigenvalue weighted by Gasteiger charge is -2.18. The zero-order chi connectivity index (χ0) is 11.1. The molecule has 3 heteroatoms. The summed E-state index contributed by atoms with van der Waals surface area (Å²) >= 11 is 0. The number of rotatable bonds is 5. The van der Waals surface area contributed by atoms with Crippen molar-refractivity contribution >= 4 is 5.69 Å². The van der Waals surface area contributed by atoms with Gasteiger partial charge in [-0.3, -0.25) is 4.90 Å². The number of nitrogen functional groups attached to an aromatic ring is 1. The molecule has 0 heterocycles. The number of nitrogens with zero attached hydrogens (tertiary/aromatic N) is 2. The van der Waals surface area contributed by atoms with Crippen LogP contribution in [0.25, 0.3) is 0 Å². The average molecular weight is 203 g/mol. The van der Waals surface area contributed by atoms with Crippen molar-refractivity contribution in [3.05, 3.63) is 29.8 Å². The van der Waals surface area contributed by atoms with Gasteiger partial charge in [-0.2, -0.15) is 5.26 Å². The fraction of sp³-hybridized carbons (Fsp3) is 0.417. The van der Waals surface area contributed by atoms with Crippen LogP contribution in [-0.4, -0.2) is 18.0 Å². The van der Waals surface area contributed by atoms with E-state index in [-0.39, 0.29) is 0 Å². The highest BCUT2D eigenvalue weighted by Gasteiger charge is 2.02. The van der Waals surface area contributed by atoms with E-state index in [1.54, 1.807) is 0 Å². The summed E-state index contributed by atoms with van der Waals surface area (Å²) in [4.78, 5) is 2.23. The zero-order valence-electron chi connectivity index (χ0n) is 9.11. The minimum atomic E-state index is 0.580. The molecule has 0 aromatic heterocycles. The first-order chi connectivity index (χ1) is 7.26. The van der Waals surface area contributed by atoms with Gasteiger partial charge in [0.1, 0.15) is 0 Å². The van der Waals surface area contributed by atoms with Gasteiger partial charge >= 0.3 is 0 Å². The van der Waals surface area contributed by atoms with Crippen molar-refractivity contribution in [3.63, 3.8) is 0 Å². The Morgan fingerprint density at radius 3 is 2.87 bits per heavy atom. The molecule has 80 valence electrons. The quantitative estimate of drug-likeness (QED) is 0.745. The third-order valence-electron chi connectivity index (χ3n) is 2.34. The molecule has 1 aromatic carbocycles. The maximum absolute atomic E-state index is 8.52. The smallest absolute Gasteiger partial charge is 0.0635 e. The van der Waals surface area contributed by atoms with Crippen molar-refractivity contribution in [1.29, 1.82) is 5.26 Å². The van der Waals surface area contributed by atoms with Crippen molar-refractivity contribution in [2.45, 2.75) is 19.9 Å². The molecule has 2 N–H and O–H groups in total. The van der Waals surface area contributed by atoms with Crippen LogP contribution in [-0.2, 0) is 6.54 Å². The first kappa shape index (κ1) is 11.5. The summed E-state index contributed by atoms with van der Waals surface area (Å²) in [6.45, 7) is 4.74. The molecule has 0 radical (unpaired) electrons. The monoisotopic (exact) mass is 203 g/mol. The normalized spacial score (nSPS) is 10.2. The van der Waals surface area contributed by atoms with Gasteiger partial charge in [-0.05, 0) is 24.2 Å². The Labute approximate surface area is 91.1 Å². The second-order valence-corrected chi connectivity index (χ2v) is 3.52. The Morgan fingerprint density at radius 2 is 2.27 bits per heavy atom. The van der Waals surface area contributed by atoms with E-state index in [9.17, 15) is 0 Å². The number of hydrogen-bond acceptors (Lipinski definition) is 3. The van der Waals surface area contributed by atoms with Gasteiger partial charge in [0.05, 0.1) is 6.07 Å². The van der Waals surface area contributed by atoms with Crippen LogP contribution in [0.15, 0.2) is 24.3 Å². The molecule has 0 aliphatic carbocycles. The van der Waals surface area contributed by atoms with Crippen molar-refractivity contribution in [3.8, 4) is 6.07 Å². The molecular weight excluding hydrogens is 186 g/mol. The van der Waals surface area contributed by atoms with E-state index < -0.39 is 0 Å². The second kappa shape index (κ2) is 6.05. The molecule has 0 saturated carbocycles. The predicted octanol–water partition coefficient (Wildman–Crippen LogP) is 2.00. The van der Waals surface area contributed by atoms with Crippen LogP contribution in [0.5, 0.6) is 0 Å². The Bertz CT molecular complexity index is 341. The zero-order valence-corrected chi connectivity index (χ0v) is 9.11. The molecule has 0 spiro atoms. The van der Waals surface area contributed by atoms with E-state index in [0.29, 0.717) is 6.42 Å². The van der Waals surface area contributed by atoms with Crippen LogP contribution < -0.4 is 5.73 Å². The van der Waals surface area contributed by atoms with Crippen LogP contribution in [0.1, 0.15) is 18.9 Å². The standard InChI is InChI=1S/C12H17N3/c1-2-15(8-4-7-13)10-11-5-3-6-12(14)9-11/h3,5-6,9H,2,4,8,10,14H2,1H3. The van der Waals surface area contributed by atoms with Gasteiger partial charge in [0.25, 0.3) is 0 Å². The van der Waals surface area contributed by atoms with E-state index >= 15 is 0 Å². The lowest BCUT2D eigenvalue weighted by atomic mass is 10.2. The van der Waals surface area contributed by atoms with Crippen LogP contribution in [0.3, 0.4) is 0 Å². The summed E-state index contributed by atoms with van der Waals surface area (Å²) in [5.74, 6) is 0. The highest BCUT2D eigenvalue weighted by Crippen LogP contribution is 2.09. The Hall–Kier alpha value is -1.53. The van der Waals surface area contributed by atoms with Gasteiger partial charge in [0, 0.05) is 25.2 Å². The van der Waals surface area contributed by atoms with Crippen LogP contribution in [0.4, 0.5) is 5.69 Å². The van der Waals surface area contributed by atoms with Gasteiger partial charge in [0.15, 0.2) is 0 Å². The molecule has 0 fully saturated rings. The van der Waals surface area contributed by atoms with Crippen LogP contribution >= 0.6 is 0 Å². The molecule has 1 rings (SSSR count). The number of nitriles is 1. The Kier molecular flexibility index (Phi) is 4.65. The highest BCUT2D eigenvalue weighted by atomic mass is 15.1. The summed E-state index contributed by atoms with van der Waals surface area (Å²) in [5.41, 5.74) is 7.70. The largest absolute Gasteiger partial charge is 0.399 e. The number of hydrogen-bond donors (Lipinski definition) is 1. The summed E-state index contributed by atoms with van der Waals surface area (Å²) in [5, 5.41) is 8.52. The van der Waals surface area contributed by atoms with Crippen molar-refractivity contribution < 1.29 is 0 Å². The Morgan fingerprint density at radius 1 is 1.47 bits per heavy atom. The molecule has 0 atom stereocenters. The molecule has 0 bridgehead atoms. The number of anilines is 1. The second-order valence-electron chi connectivity index (χ2n) is 3.52. The number of benzene rings is 1. The summed E-state index contributed by atoms with van der Waals surface area (Å²) in [6, 6.07) is 10.1. The summed E-state index contributed by atoms with van der Waals surface area (Å²) < 4.78 is 0. The third-order valence-corrected chi connectivity index (χ3v) is 2.34. The molecule has 0 unspecified atom stereocenters.